The first-order chi connectivity index (χ1) is 8.04. The lowest BCUT2D eigenvalue weighted by Crippen LogP contribution is -2.33. The number of aliphatic hydroxyl groups excluding tert-OH is 1. The summed E-state index contributed by atoms with van der Waals surface area (Å²) in [4.78, 5) is 15.1. The predicted molar refractivity (Wildman–Crippen MR) is 63.2 cm³/mol. The fourth-order valence-corrected chi connectivity index (χ4v) is 2.00. The van der Waals surface area contributed by atoms with Gasteiger partial charge in [0.2, 0.25) is 0 Å². The van der Waals surface area contributed by atoms with Gasteiger partial charge in [-0.3, -0.25) is 0 Å². The van der Waals surface area contributed by atoms with E-state index in [1.807, 2.05) is 0 Å². The third-order valence-corrected chi connectivity index (χ3v) is 2.98. The molecule has 2 rings (SSSR count). The molecule has 1 aromatic heterocycles. The second-order valence-electron chi connectivity index (χ2n) is 4.56. The lowest BCUT2D eigenvalue weighted by Gasteiger charge is -2.31. The van der Waals surface area contributed by atoms with Crippen molar-refractivity contribution in [1.82, 2.24) is 4.98 Å². The molecule has 0 atom stereocenters. The number of nitrogens with zero attached hydrogens (tertiary/aromatic N) is 1. The molecule has 1 aromatic rings. The zero-order valence-electron chi connectivity index (χ0n) is 9.68. The van der Waals surface area contributed by atoms with Gasteiger partial charge in [-0.1, -0.05) is 0 Å². The second kappa shape index (κ2) is 4.71. The summed E-state index contributed by atoms with van der Waals surface area (Å²) in [7, 11) is 0. The molecule has 17 heavy (non-hydrogen) atoms. The van der Waals surface area contributed by atoms with Crippen LogP contribution < -0.4 is 5.32 Å². The number of carboxylic acid groups (broad SMARTS) is 1. The van der Waals surface area contributed by atoms with Crippen LogP contribution in [0, 0.1) is 12.8 Å². The first-order valence-electron chi connectivity index (χ1n) is 5.68. The quantitative estimate of drug-likeness (QED) is 0.733. The standard InChI is InChI=1S/C12H16N2O3/c1-7-2-9(12(16)17)5-11(14-7)13-6-8-3-10(15)4-8/h2,5,8,10,15H,3-4,6H2,1H3,(H,13,14)(H,16,17). The van der Waals surface area contributed by atoms with Gasteiger partial charge in [0.25, 0.3) is 0 Å². The molecule has 0 unspecified atom stereocenters. The van der Waals surface area contributed by atoms with Crippen molar-refractivity contribution >= 4 is 11.8 Å². The maximum atomic E-state index is 10.9. The summed E-state index contributed by atoms with van der Waals surface area (Å²) < 4.78 is 0. The molecule has 5 heteroatoms. The molecule has 0 amide bonds. The van der Waals surface area contributed by atoms with Gasteiger partial charge < -0.3 is 15.5 Å². The summed E-state index contributed by atoms with van der Waals surface area (Å²) in [6, 6.07) is 3.07. The number of aromatic carboxylic acids is 1. The molecule has 1 fully saturated rings. The van der Waals surface area contributed by atoms with Gasteiger partial charge in [0.15, 0.2) is 0 Å². The highest BCUT2D eigenvalue weighted by molar-refractivity contribution is 5.88. The van der Waals surface area contributed by atoms with E-state index in [-0.39, 0.29) is 11.7 Å². The van der Waals surface area contributed by atoms with Crippen LogP contribution in [-0.4, -0.2) is 33.8 Å². The molecule has 0 aromatic carbocycles. The molecule has 1 saturated carbocycles. The highest BCUT2D eigenvalue weighted by Crippen LogP contribution is 2.27. The van der Waals surface area contributed by atoms with Gasteiger partial charge in [-0.25, -0.2) is 9.78 Å². The van der Waals surface area contributed by atoms with Crippen LogP contribution in [0.5, 0.6) is 0 Å². The summed E-state index contributed by atoms with van der Waals surface area (Å²) in [5.74, 6) is 0.0991. The predicted octanol–water partition coefficient (Wildman–Crippen LogP) is 1.27. The number of anilines is 1. The van der Waals surface area contributed by atoms with E-state index in [0.29, 0.717) is 17.4 Å². The highest BCUT2D eigenvalue weighted by Gasteiger charge is 2.26. The Hall–Kier alpha value is -1.62. The average Bonchev–Trinajstić information content (AvgIpc) is 2.22. The Labute approximate surface area is 99.5 Å². The molecule has 0 spiro atoms. The lowest BCUT2D eigenvalue weighted by atomic mass is 9.82. The van der Waals surface area contributed by atoms with E-state index < -0.39 is 5.97 Å². The zero-order chi connectivity index (χ0) is 12.4. The van der Waals surface area contributed by atoms with Crippen LogP contribution in [0.2, 0.25) is 0 Å². The monoisotopic (exact) mass is 236 g/mol. The second-order valence-corrected chi connectivity index (χ2v) is 4.56. The van der Waals surface area contributed by atoms with Crippen LogP contribution in [0.15, 0.2) is 12.1 Å². The minimum atomic E-state index is -0.947. The van der Waals surface area contributed by atoms with Crippen molar-refractivity contribution in [3.05, 3.63) is 23.4 Å². The average molecular weight is 236 g/mol. The van der Waals surface area contributed by atoms with Crippen molar-refractivity contribution in [3.8, 4) is 0 Å². The van der Waals surface area contributed by atoms with E-state index in [0.717, 1.165) is 19.4 Å². The molecule has 0 radical (unpaired) electrons. The van der Waals surface area contributed by atoms with E-state index in [4.69, 9.17) is 10.2 Å². The largest absolute Gasteiger partial charge is 0.478 e. The number of pyridine rings is 1. The number of carboxylic acids is 1. The van der Waals surface area contributed by atoms with E-state index in [1.54, 1.807) is 13.0 Å². The Morgan fingerprint density at radius 3 is 2.82 bits per heavy atom. The van der Waals surface area contributed by atoms with Gasteiger partial charge >= 0.3 is 5.97 Å². The van der Waals surface area contributed by atoms with Crippen molar-refractivity contribution < 1.29 is 15.0 Å². The number of hydrogen-bond acceptors (Lipinski definition) is 4. The molecule has 0 bridgehead atoms. The molecule has 0 saturated heterocycles. The van der Waals surface area contributed by atoms with Crippen molar-refractivity contribution in [3.63, 3.8) is 0 Å². The fourth-order valence-electron chi connectivity index (χ4n) is 2.00. The Morgan fingerprint density at radius 2 is 2.24 bits per heavy atom. The fraction of sp³-hybridized carbons (Fsp3) is 0.500. The van der Waals surface area contributed by atoms with Crippen molar-refractivity contribution in [2.75, 3.05) is 11.9 Å². The zero-order valence-corrected chi connectivity index (χ0v) is 9.68. The van der Waals surface area contributed by atoms with Gasteiger partial charge in [0.1, 0.15) is 5.82 Å². The maximum absolute atomic E-state index is 10.9. The van der Waals surface area contributed by atoms with Crippen LogP contribution in [0.3, 0.4) is 0 Å². The summed E-state index contributed by atoms with van der Waals surface area (Å²) in [5.41, 5.74) is 0.926. The molecular weight excluding hydrogens is 220 g/mol. The topological polar surface area (TPSA) is 82.5 Å². The number of aryl methyl sites for hydroxylation is 1. The van der Waals surface area contributed by atoms with Crippen LogP contribution >= 0.6 is 0 Å². The van der Waals surface area contributed by atoms with Gasteiger partial charge in [-0.05, 0) is 37.8 Å². The van der Waals surface area contributed by atoms with E-state index in [9.17, 15) is 4.79 Å². The lowest BCUT2D eigenvalue weighted by molar-refractivity contribution is 0.0486. The number of rotatable bonds is 4. The number of hydrogen-bond donors (Lipinski definition) is 3. The van der Waals surface area contributed by atoms with Crippen molar-refractivity contribution in [2.45, 2.75) is 25.9 Å². The van der Waals surface area contributed by atoms with E-state index in [1.165, 1.54) is 6.07 Å². The maximum Gasteiger partial charge on any atom is 0.335 e. The Morgan fingerprint density at radius 1 is 1.53 bits per heavy atom. The minimum absolute atomic E-state index is 0.165. The van der Waals surface area contributed by atoms with Crippen molar-refractivity contribution in [1.29, 1.82) is 0 Å². The Kier molecular flexibility index (Phi) is 3.28. The number of nitrogens with one attached hydrogen (secondary N) is 1. The SMILES string of the molecule is Cc1cc(C(=O)O)cc(NCC2CC(O)C2)n1. The molecular formula is C12H16N2O3. The molecule has 1 aliphatic rings. The molecule has 92 valence electrons. The highest BCUT2D eigenvalue weighted by atomic mass is 16.4. The molecule has 1 heterocycles. The summed E-state index contributed by atoms with van der Waals surface area (Å²) in [6.45, 7) is 2.50. The summed E-state index contributed by atoms with van der Waals surface area (Å²) in [6.07, 6.45) is 1.46. The summed E-state index contributed by atoms with van der Waals surface area (Å²) in [5, 5.41) is 21.2. The number of aromatic nitrogens is 1. The smallest absolute Gasteiger partial charge is 0.335 e. The van der Waals surface area contributed by atoms with Gasteiger partial charge in [-0.2, -0.15) is 0 Å². The Bertz CT molecular complexity index is 428. The third kappa shape index (κ3) is 2.94. The number of carbonyl (C=O) groups is 1. The van der Waals surface area contributed by atoms with Crippen LogP contribution in [0.4, 0.5) is 5.82 Å². The van der Waals surface area contributed by atoms with Gasteiger partial charge in [-0.15, -0.1) is 0 Å². The summed E-state index contributed by atoms with van der Waals surface area (Å²) >= 11 is 0. The van der Waals surface area contributed by atoms with Crippen LogP contribution in [0.25, 0.3) is 0 Å². The Balaban J connectivity index is 1.98. The normalized spacial score (nSPS) is 22.9. The minimum Gasteiger partial charge on any atom is -0.478 e. The number of aliphatic hydroxyl groups is 1. The van der Waals surface area contributed by atoms with E-state index >= 15 is 0 Å². The molecule has 0 aliphatic heterocycles. The molecule has 3 N–H and O–H groups in total. The van der Waals surface area contributed by atoms with Gasteiger partial charge in [0, 0.05) is 12.2 Å². The first kappa shape index (κ1) is 11.9. The first-order valence-corrected chi connectivity index (χ1v) is 5.68. The third-order valence-electron chi connectivity index (χ3n) is 2.98. The van der Waals surface area contributed by atoms with E-state index in [2.05, 4.69) is 10.3 Å². The molecule has 5 nitrogen and oxygen atoms in total. The van der Waals surface area contributed by atoms with Crippen molar-refractivity contribution in [2.24, 2.45) is 5.92 Å². The van der Waals surface area contributed by atoms with Crippen LogP contribution in [-0.2, 0) is 0 Å². The van der Waals surface area contributed by atoms with Crippen LogP contribution in [0.1, 0.15) is 28.9 Å². The van der Waals surface area contributed by atoms with Gasteiger partial charge in [0.05, 0.1) is 11.7 Å². The molecule has 1 aliphatic carbocycles.